The lowest BCUT2D eigenvalue weighted by molar-refractivity contribution is -0.326. The fraction of sp³-hybridized carbons (Fsp3) is 0.471. The fourth-order valence-electron chi connectivity index (χ4n) is 3.23. The number of esters is 1. The molecule has 0 radical (unpaired) electrons. The zero-order chi connectivity index (χ0) is 22.2. The Morgan fingerprint density at radius 2 is 1.83 bits per heavy atom. The van der Waals surface area contributed by atoms with Crippen LogP contribution in [0.15, 0.2) is 24.3 Å². The van der Waals surface area contributed by atoms with Crippen molar-refractivity contribution in [1.29, 1.82) is 5.26 Å². The SMILES string of the molecule is CCOC(=O)C1C(c2ccc(C(F)(F)F)cc2)CC(=O)N(C#N)C1(O)C(F)(F)F. The summed E-state index contributed by atoms with van der Waals surface area (Å²) in [5.41, 5.74) is -5.55. The maximum atomic E-state index is 13.7. The summed E-state index contributed by atoms with van der Waals surface area (Å²) in [5.74, 6) is -7.17. The Kier molecular flexibility index (Phi) is 5.85. The molecular formula is C17H14F6N2O4. The average molecular weight is 424 g/mol. The summed E-state index contributed by atoms with van der Waals surface area (Å²) in [6.07, 6.45) is -10.3. The number of carbonyl (C=O) groups excluding carboxylic acids is 2. The Hall–Kier alpha value is -2.81. The number of benzene rings is 1. The highest BCUT2D eigenvalue weighted by molar-refractivity contribution is 5.86. The Morgan fingerprint density at radius 1 is 1.28 bits per heavy atom. The number of hydrogen-bond acceptors (Lipinski definition) is 5. The third-order valence-electron chi connectivity index (χ3n) is 4.54. The highest BCUT2D eigenvalue weighted by Gasteiger charge is 2.71. The molecule has 1 aliphatic heterocycles. The van der Waals surface area contributed by atoms with Gasteiger partial charge in [0, 0.05) is 12.3 Å². The van der Waals surface area contributed by atoms with Crippen molar-refractivity contribution < 1.29 is 45.8 Å². The summed E-state index contributed by atoms with van der Waals surface area (Å²) in [7, 11) is 0. The number of hydrogen-bond donors (Lipinski definition) is 1. The van der Waals surface area contributed by atoms with Crippen LogP contribution in [-0.2, 0) is 20.5 Å². The smallest absolute Gasteiger partial charge is 0.438 e. The van der Waals surface area contributed by atoms with E-state index in [0.717, 1.165) is 18.3 Å². The number of alkyl halides is 6. The molecule has 0 spiro atoms. The Labute approximate surface area is 160 Å². The summed E-state index contributed by atoms with van der Waals surface area (Å²) >= 11 is 0. The number of carbonyl (C=O) groups is 2. The summed E-state index contributed by atoms with van der Waals surface area (Å²) in [4.78, 5) is 23.9. The molecule has 6 nitrogen and oxygen atoms in total. The van der Waals surface area contributed by atoms with E-state index in [4.69, 9.17) is 5.26 Å². The first-order valence-corrected chi connectivity index (χ1v) is 8.14. The van der Waals surface area contributed by atoms with Crippen molar-refractivity contribution in [3.63, 3.8) is 0 Å². The number of nitriles is 1. The second-order valence-corrected chi connectivity index (χ2v) is 6.21. The minimum Gasteiger partial charge on any atom is -0.466 e. The number of likely N-dealkylation sites (tertiary alicyclic amines) is 1. The van der Waals surface area contributed by atoms with Gasteiger partial charge in [0.25, 0.3) is 5.72 Å². The third-order valence-corrected chi connectivity index (χ3v) is 4.54. The van der Waals surface area contributed by atoms with Crippen LogP contribution in [0.4, 0.5) is 26.3 Å². The van der Waals surface area contributed by atoms with Gasteiger partial charge in [-0.25, -0.2) is 4.90 Å². The molecule has 1 fully saturated rings. The number of halogens is 6. The van der Waals surface area contributed by atoms with Gasteiger partial charge in [0.2, 0.25) is 5.91 Å². The molecule has 12 heteroatoms. The fourth-order valence-corrected chi connectivity index (χ4v) is 3.23. The van der Waals surface area contributed by atoms with E-state index in [0.29, 0.717) is 12.1 Å². The van der Waals surface area contributed by atoms with E-state index in [9.17, 15) is 41.0 Å². The van der Waals surface area contributed by atoms with Crippen LogP contribution in [0.25, 0.3) is 0 Å². The highest BCUT2D eigenvalue weighted by Crippen LogP contribution is 2.50. The largest absolute Gasteiger partial charge is 0.466 e. The van der Waals surface area contributed by atoms with E-state index < -0.39 is 58.7 Å². The van der Waals surface area contributed by atoms with Gasteiger partial charge < -0.3 is 9.84 Å². The van der Waals surface area contributed by atoms with E-state index >= 15 is 0 Å². The Bertz CT molecular complexity index is 830. The normalized spacial score (nSPS) is 25.5. The van der Waals surface area contributed by atoms with Crippen LogP contribution in [0.1, 0.15) is 30.4 Å². The maximum Gasteiger partial charge on any atom is 0.438 e. The van der Waals surface area contributed by atoms with Crippen LogP contribution in [0.2, 0.25) is 0 Å². The van der Waals surface area contributed by atoms with E-state index in [-0.39, 0.29) is 12.2 Å². The Balaban J connectivity index is 2.65. The van der Waals surface area contributed by atoms with Gasteiger partial charge in [-0.05, 0) is 24.6 Å². The monoisotopic (exact) mass is 424 g/mol. The number of nitrogens with zero attached hydrogens (tertiary/aromatic N) is 2. The van der Waals surface area contributed by atoms with E-state index in [1.54, 1.807) is 0 Å². The summed E-state index contributed by atoms with van der Waals surface area (Å²) < 4.78 is 84.1. The zero-order valence-electron chi connectivity index (χ0n) is 14.7. The van der Waals surface area contributed by atoms with E-state index in [1.807, 2.05) is 0 Å². The van der Waals surface area contributed by atoms with Crippen molar-refractivity contribution in [3.05, 3.63) is 35.4 Å². The molecule has 0 aliphatic carbocycles. The standard InChI is InChI=1S/C17H14F6N2O4/c1-2-29-14(27)13-11(9-3-5-10(6-4-9)16(18,19)20)7-12(26)25(8-24)15(13,28)17(21,22)23/h3-6,11,13,28H,2,7H2,1H3. The summed E-state index contributed by atoms with van der Waals surface area (Å²) in [6.45, 7) is 0.914. The quantitative estimate of drug-likeness (QED) is 0.458. The van der Waals surface area contributed by atoms with Gasteiger partial charge in [-0.15, -0.1) is 0 Å². The molecule has 0 bridgehead atoms. The maximum absolute atomic E-state index is 13.7. The van der Waals surface area contributed by atoms with E-state index in [2.05, 4.69) is 4.74 Å². The van der Waals surface area contributed by atoms with Gasteiger partial charge >= 0.3 is 18.3 Å². The molecule has 1 amide bonds. The van der Waals surface area contributed by atoms with Crippen molar-refractivity contribution in [2.75, 3.05) is 6.61 Å². The lowest BCUT2D eigenvalue weighted by Gasteiger charge is -2.47. The van der Waals surface area contributed by atoms with Crippen LogP contribution in [-0.4, -0.2) is 40.4 Å². The first-order chi connectivity index (χ1) is 13.3. The molecule has 1 heterocycles. The van der Waals surface area contributed by atoms with Crippen LogP contribution < -0.4 is 0 Å². The van der Waals surface area contributed by atoms with Crippen molar-refractivity contribution in [2.24, 2.45) is 5.92 Å². The minimum absolute atomic E-state index is 0.232. The third kappa shape index (κ3) is 3.87. The van der Waals surface area contributed by atoms with Crippen LogP contribution in [0.3, 0.4) is 0 Å². The number of aliphatic hydroxyl groups is 1. The molecule has 1 aromatic carbocycles. The molecule has 0 saturated carbocycles. The van der Waals surface area contributed by atoms with Gasteiger partial charge in [0.15, 0.2) is 6.19 Å². The topological polar surface area (TPSA) is 90.6 Å². The van der Waals surface area contributed by atoms with Crippen LogP contribution in [0, 0.1) is 17.4 Å². The lowest BCUT2D eigenvalue weighted by atomic mass is 9.72. The van der Waals surface area contributed by atoms with Crippen LogP contribution in [0.5, 0.6) is 0 Å². The molecule has 1 aliphatic rings. The first-order valence-electron chi connectivity index (χ1n) is 8.14. The average Bonchev–Trinajstić information content (AvgIpc) is 2.60. The van der Waals surface area contributed by atoms with Crippen molar-refractivity contribution >= 4 is 11.9 Å². The molecule has 3 atom stereocenters. The van der Waals surface area contributed by atoms with Gasteiger partial charge in [0.1, 0.15) is 5.92 Å². The first kappa shape index (κ1) is 22.5. The molecule has 1 N–H and O–H groups in total. The lowest BCUT2D eigenvalue weighted by Crippen LogP contribution is -2.69. The van der Waals surface area contributed by atoms with Crippen molar-refractivity contribution in [3.8, 4) is 6.19 Å². The molecule has 0 aromatic heterocycles. The number of amides is 1. The molecule has 2 rings (SSSR count). The molecule has 1 aromatic rings. The number of ether oxygens (including phenoxy) is 1. The van der Waals surface area contributed by atoms with E-state index in [1.165, 1.54) is 6.92 Å². The molecular weight excluding hydrogens is 410 g/mol. The highest BCUT2D eigenvalue weighted by atomic mass is 19.4. The summed E-state index contributed by atoms with van der Waals surface area (Å²) in [6, 6.07) is 2.77. The second kappa shape index (κ2) is 7.55. The number of rotatable bonds is 3. The number of piperidine rings is 1. The van der Waals surface area contributed by atoms with Gasteiger partial charge in [-0.3, -0.25) is 9.59 Å². The molecule has 1 saturated heterocycles. The Morgan fingerprint density at radius 3 is 2.24 bits per heavy atom. The van der Waals surface area contributed by atoms with Gasteiger partial charge in [0.05, 0.1) is 12.2 Å². The second-order valence-electron chi connectivity index (χ2n) is 6.21. The molecule has 158 valence electrons. The van der Waals surface area contributed by atoms with Gasteiger partial charge in [-0.1, -0.05) is 12.1 Å². The van der Waals surface area contributed by atoms with Gasteiger partial charge in [-0.2, -0.15) is 31.6 Å². The molecule has 3 unspecified atom stereocenters. The minimum atomic E-state index is -5.64. The molecule has 29 heavy (non-hydrogen) atoms. The van der Waals surface area contributed by atoms with Crippen LogP contribution >= 0.6 is 0 Å². The predicted molar refractivity (Wildman–Crippen MR) is 82.4 cm³/mol. The zero-order valence-corrected chi connectivity index (χ0v) is 14.7. The summed E-state index contributed by atoms with van der Waals surface area (Å²) in [5, 5.41) is 19.4. The van der Waals surface area contributed by atoms with Crippen molar-refractivity contribution in [1.82, 2.24) is 4.90 Å². The predicted octanol–water partition coefficient (Wildman–Crippen LogP) is 2.93. The van der Waals surface area contributed by atoms with Crippen molar-refractivity contribution in [2.45, 2.75) is 37.3 Å².